The normalized spacial score (nSPS) is 15.1. The highest BCUT2D eigenvalue weighted by molar-refractivity contribution is 7.12. The van der Waals surface area contributed by atoms with Gasteiger partial charge in [-0.1, -0.05) is 38.1 Å². The molecular weight excluding hydrogens is 464 g/mol. The summed E-state index contributed by atoms with van der Waals surface area (Å²) in [5, 5.41) is 3.94. The van der Waals surface area contributed by atoms with Crippen LogP contribution in [-0.2, 0) is 11.2 Å². The molecular formula is C27H30N2O3S2. The fourth-order valence-electron chi connectivity index (χ4n) is 4.18. The van der Waals surface area contributed by atoms with Crippen LogP contribution in [0.5, 0.6) is 5.75 Å². The molecule has 0 fully saturated rings. The molecule has 1 atom stereocenters. The van der Waals surface area contributed by atoms with Crippen molar-refractivity contribution in [3.8, 4) is 5.75 Å². The fraction of sp³-hybridized carbons (Fsp3) is 0.333. The summed E-state index contributed by atoms with van der Waals surface area (Å²) in [6, 6.07) is 13.7. The number of hydrogen-bond donors (Lipinski definition) is 0. The summed E-state index contributed by atoms with van der Waals surface area (Å²) in [4.78, 5) is 31.8. The summed E-state index contributed by atoms with van der Waals surface area (Å²) >= 11 is 3.10. The van der Waals surface area contributed by atoms with Gasteiger partial charge in [-0.05, 0) is 58.5 Å². The van der Waals surface area contributed by atoms with Gasteiger partial charge in [0.1, 0.15) is 18.9 Å². The molecule has 0 radical (unpaired) electrons. The Morgan fingerprint density at radius 2 is 1.97 bits per heavy atom. The minimum atomic E-state index is -0.185. The molecule has 178 valence electrons. The highest BCUT2D eigenvalue weighted by Crippen LogP contribution is 2.34. The molecule has 0 bridgehead atoms. The maximum absolute atomic E-state index is 13.5. The zero-order valence-electron chi connectivity index (χ0n) is 19.6. The van der Waals surface area contributed by atoms with Crippen LogP contribution in [-0.4, -0.2) is 47.9 Å². The van der Waals surface area contributed by atoms with Crippen molar-refractivity contribution in [3.05, 3.63) is 86.8 Å². The molecule has 0 aliphatic carbocycles. The lowest BCUT2D eigenvalue weighted by molar-refractivity contribution is -0.135. The van der Waals surface area contributed by atoms with Crippen LogP contribution in [0.25, 0.3) is 0 Å². The SMILES string of the molecule is C=CCN(CC(=O)N1CCc2sccc2[C@@H]1COc1ccc(C(C)C)cc1)C(=O)c1cccs1. The summed E-state index contributed by atoms with van der Waals surface area (Å²) in [5.74, 6) is 1.03. The Labute approximate surface area is 209 Å². The Bertz CT molecular complexity index is 1120. The molecule has 34 heavy (non-hydrogen) atoms. The summed E-state index contributed by atoms with van der Waals surface area (Å²) in [5.41, 5.74) is 2.41. The zero-order valence-corrected chi connectivity index (χ0v) is 21.2. The van der Waals surface area contributed by atoms with E-state index >= 15 is 0 Å². The number of rotatable bonds is 9. The number of benzene rings is 1. The lowest BCUT2D eigenvalue weighted by Crippen LogP contribution is -2.47. The molecule has 1 aliphatic rings. The number of amides is 2. The monoisotopic (exact) mass is 494 g/mol. The third-order valence-corrected chi connectivity index (χ3v) is 7.92. The van der Waals surface area contributed by atoms with Gasteiger partial charge in [-0.3, -0.25) is 9.59 Å². The van der Waals surface area contributed by atoms with Crippen LogP contribution >= 0.6 is 22.7 Å². The summed E-state index contributed by atoms with van der Waals surface area (Å²) < 4.78 is 6.16. The third kappa shape index (κ3) is 5.42. The largest absolute Gasteiger partial charge is 0.491 e. The van der Waals surface area contributed by atoms with Crippen molar-refractivity contribution in [2.24, 2.45) is 0 Å². The maximum Gasteiger partial charge on any atom is 0.264 e. The van der Waals surface area contributed by atoms with Gasteiger partial charge in [-0.25, -0.2) is 0 Å². The number of nitrogens with zero attached hydrogens (tertiary/aromatic N) is 2. The molecule has 0 saturated carbocycles. The average Bonchev–Trinajstić information content (AvgIpc) is 3.54. The lowest BCUT2D eigenvalue weighted by Gasteiger charge is -2.37. The standard InChI is InChI=1S/C27H30N2O3S2/c1-4-13-28(27(31)25-6-5-15-33-25)17-26(30)29-14-11-24-22(12-16-34-24)23(29)18-32-21-9-7-20(8-10-21)19(2)3/h4-10,12,15-16,19,23H,1,11,13-14,17-18H2,2-3H3/t23-/m0/s1. The number of fused-ring (bicyclic) bond motifs is 1. The molecule has 5 nitrogen and oxygen atoms in total. The van der Waals surface area contributed by atoms with E-state index in [-0.39, 0.29) is 24.4 Å². The Morgan fingerprint density at radius 1 is 1.18 bits per heavy atom. The van der Waals surface area contributed by atoms with E-state index in [2.05, 4.69) is 44.0 Å². The third-order valence-electron chi connectivity index (χ3n) is 6.06. The molecule has 0 saturated heterocycles. The van der Waals surface area contributed by atoms with Crippen molar-refractivity contribution < 1.29 is 14.3 Å². The highest BCUT2D eigenvalue weighted by Gasteiger charge is 2.33. The molecule has 7 heteroatoms. The predicted octanol–water partition coefficient (Wildman–Crippen LogP) is 5.77. The van der Waals surface area contributed by atoms with Crippen molar-refractivity contribution in [3.63, 3.8) is 0 Å². The zero-order chi connectivity index (χ0) is 24.1. The van der Waals surface area contributed by atoms with E-state index in [1.165, 1.54) is 21.8 Å². The first-order valence-corrected chi connectivity index (χ1v) is 13.3. The molecule has 1 aliphatic heterocycles. The van der Waals surface area contributed by atoms with Crippen LogP contribution in [0.2, 0.25) is 0 Å². The fourth-order valence-corrected chi connectivity index (χ4v) is 5.80. The first-order valence-electron chi connectivity index (χ1n) is 11.5. The van der Waals surface area contributed by atoms with Crippen LogP contribution in [0.4, 0.5) is 0 Å². The van der Waals surface area contributed by atoms with Crippen molar-refractivity contribution >= 4 is 34.5 Å². The van der Waals surface area contributed by atoms with Gasteiger partial charge in [0.15, 0.2) is 0 Å². The molecule has 2 aromatic heterocycles. The van der Waals surface area contributed by atoms with Crippen molar-refractivity contribution in [1.29, 1.82) is 0 Å². The van der Waals surface area contributed by atoms with Crippen molar-refractivity contribution in [2.75, 3.05) is 26.2 Å². The molecule has 0 unspecified atom stereocenters. The Hall–Kier alpha value is -2.90. The maximum atomic E-state index is 13.5. The van der Waals surface area contributed by atoms with Crippen LogP contribution < -0.4 is 4.74 Å². The molecule has 0 spiro atoms. The van der Waals surface area contributed by atoms with E-state index < -0.39 is 0 Å². The topological polar surface area (TPSA) is 49.9 Å². The van der Waals surface area contributed by atoms with Gasteiger partial charge >= 0.3 is 0 Å². The second-order valence-electron chi connectivity index (χ2n) is 8.64. The van der Waals surface area contributed by atoms with E-state index in [0.29, 0.717) is 30.5 Å². The highest BCUT2D eigenvalue weighted by atomic mass is 32.1. The van der Waals surface area contributed by atoms with E-state index in [9.17, 15) is 9.59 Å². The average molecular weight is 495 g/mol. The van der Waals surface area contributed by atoms with E-state index in [0.717, 1.165) is 17.7 Å². The molecule has 3 aromatic rings. The molecule has 3 heterocycles. The number of ether oxygens (including phenoxy) is 1. The lowest BCUT2D eigenvalue weighted by atomic mass is 10.00. The first-order chi connectivity index (χ1) is 16.5. The van der Waals surface area contributed by atoms with Gasteiger partial charge in [-0.2, -0.15) is 0 Å². The van der Waals surface area contributed by atoms with Crippen LogP contribution in [0.15, 0.2) is 65.9 Å². The predicted molar refractivity (Wildman–Crippen MR) is 139 cm³/mol. The number of hydrogen-bond acceptors (Lipinski definition) is 5. The second-order valence-corrected chi connectivity index (χ2v) is 10.6. The Kier molecular flexibility index (Phi) is 7.85. The van der Waals surface area contributed by atoms with Gasteiger partial charge < -0.3 is 14.5 Å². The number of carbonyl (C=O) groups is 2. The minimum absolute atomic E-state index is 0.0157. The molecule has 2 amide bonds. The van der Waals surface area contributed by atoms with Crippen LogP contribution in [0.3, 0.4) is 0 Å². The van der Waals surface area contributed by atoms with Crippen molar-refractivity contribution in [2.45, 2.75) is 32.2 Å². The van der Waals surface area contributed by atoms with Crippen LogP contribution in [0, 0.1) is 0 Å². The quantitative estimate of drug-likeness (QED) is 0.355. The van der Waals surface area contributed by atoms with Gasteiger partial charge in [0.25, 0.3) is 5.91 Å². The number of thiophene rings is 2. The minimum Gasteiger partial charge on any atom is -0.491 e. The molecule has 4 rings (SSSR count). The van der Waals surface area contributed by atoms with E-state index in [4.69, 9.17) is 4.74 Å². The van der Waals surface area contributed by atoms with Crippen molar-refractivity contribution in [1.82, 2.24) is 9.80 Å². The Morgan fingerprint density at radius 3 is 2.65 bits per heavy atom. The molecule has 0 N–H and O–H groups in total. The van der Waals surface area contributed by atoms with Crippen LogP contribution in [0.1, 0.15) is 51.5 Å². The Balaban J connectivity index is 1.50. The van der Waals surface area contributed by atoms with Gasteiger partial charge in [-0.15, -0.1) is 29.3 Å². The molecule has 1 aromatic carbocycles. The van der Waals surface area contributed by atoms with Gasteiger partial charge in [0.2, 0.25) is 5.91 Å². The van der Waals surface area contributed by atoms with E-state index in [1.54, 1.807) is 28.4 Å². The second kappa shape index (κ2) is 11.0. The smallest absolute Gasteiger partial charge is 0.264 e. The van der Waals surface area contributed by atoms with Gasteiger partial charge in [0.05, 0.1) is 10.9 Å². The first kappa shape index (κ1) is 24.2. The summed E-state index contributed by atoms with van der Waals surface area (Å²) in [7, 11) is 0. The summed E-state index contributed by atoms with van der Waals surface area (Å²) in [6.07, 6.45) is 2.48. The van der Waals surface area contributed by atoms with E-state index in [1.807, 2.05) is 28.5 Å². The number of carbonyl (C=O) groups excluding carboxylic acids is 2. The summed E-state index contributed by atoms with van der Waals surface area (Å²) in [6.45, 7) is 9.42. The van der Waals surface area contributed by atoms with Gasteiger partial charge in [0, 0.05) is 18.0 Å².